The summed E-state index contributed by atoms with van der Waals surface area (Å²) in [5.41, 5.74) is 1.26. The smallest absolute Gasteiger partial charge is 0.170 e. The molecule has 0 radical (unpaired) electrons. The summed E-state index contributed by atoms with van der Waals surface area (Å²) in [6.07, 6.45) is 3.43. The van der Waals surface area contributed by atoms with Gasteiger partial charge in [0.2, 0.25) is 0 Å². The third kappa shape index (κ3) is 1.48. The molecule has 0 aromatic carbocycles. The highest BCUT2D eigenvalue weighted by Crippen LogP contribution is 2.18. The van der Waals surface area contributed by atoms with E-state index >= 15 is 0 Å². The summed E-state index contributed by atoms with van der Waals surface area (Å²) in [6, 6.07) is 3.66. The molecule has 0 aliphatic rings. The Kier molecular flexibility index (Phi) is 2.41. The van der Waals surface area contributed by atoms with Gasteiger partial charge in [-0.3, -0.25) is 4.79 Å². The van der Waals surface area contributed by atoms with E-state index in [1.54, 1.807) is 7.11 Å². The number of hydrogen-bond acceptors (Lipinski definition) is 3. The number of rotatable bonds is 3. The summed E-state index contributed by atoms with van der Waals surface area (Å²) < 4.78 is 7.02. The number of aldehydes is 1. The molecule has 4 nitrogen and oxygen atoms in total. The van der Waals surface area contributed by atoms with E-state index in [9.17, 15) is 4.79 Å². The van der Waals surface area contributed by atoms with E-state index in [0.29, 0.717) is 5.69 Å². The normalized spacial score (nSPS) is 10.5. The molecule has 0 saturated heterocycles. The minimum absolute atomic E-state index is 0.464. The Balaban J connectivity index is 2.73. The minimum Gasteiger partial charge on any atom is -0.497 e. The van der Waals surface area contributed by atoms with Crippen molar-refractivity contribution in [2.24, 2.45) is 0 Å². The van der Waals surface area contributed by atoms with Gasteiger partial charge >= 0.3 is 0 Å². The molecule has 0 aliphatic heterocycles. The second-order valence-electron chi connectivity index (χ2n) is 3.21. The number of fused-ring (bicyclic) bond motifs is 1. The summed E-state index contributed by atoms with van der Waals surface area (Å²) in [6.45, 7) is 2.01. The lowest BCUT2D eigenvalue weighted by Gasteiger charge is -2.01. The average Bonchev–Trinajstić information content (AvgIpc) is 2.65. The van der Waals surface area contributed by atoms with Crippen LogP contribution in [0.1, 0.15) is 23.2 Å². The first-order chi connectivity index (χ1) is 7.30. The Labute approximate surface area is 87.5 Å². The Morgan fingerprint density at radius 3 is 3.00 bits per heavy atom. The summed E-state index contributed by atoms with van der Waals surface area (Å²) in [5.74, 6) is 1.61. The van der Waals surface area contributed by atoms with E-state index in [0.717, 1.165) is 29.8 Å². The highest BCUT2D eigenvalue weighted by atomic mass is 16.5. The molecule has 0 spiro atoms. The summed E-state index contributed by atoms with van der Waals surface area (Å²) in [5, 5.41) is 0. The van der Waals surface area contributed by atoms with Crippen LogP contribution in [-0.2, 0) is 6.42 Å². The van der Waals surface area contributed by atoms with Crippen LogP contribution in [0.3, 0.4) is 0 Å². The fourth-order valence-electron chi connectivity index (χ4n) is 1.62. The van der Waals surface area contributed by atoms with Crippen molar-refractivity contribution in [2.75, 3.05) is 7.11 Å². The number of imidazole rings is 1. The van der Waals surface area contributed by atoms with Crippen molar-refractivity contribution >= 4 is 11.8 Å². The van der Waals surface area contributed by atoms with Crippen LogP contribution in [-0.4, -0.2) is 22.8 Å². The first-order valence-electron chi connectivity index (χ1n) is 4.80. The molecule has 2 aromatic heterocycles. The van der Waals surface area contributed by atoms with Gasteiger partial charge in [-0.1, -0.05) is 6.92 Å². The standard InChI is InChI=1S/C11H12N2O2/c1-3-11-12-9(7-14)10-6-8(15-2)4-5-13(10)11/h4-7H,3H2,1-2H3. The van der Waals surface area contributed by atoms with E-state index < -0.39 is 0 Å². The molecule has 0 atom stereocenters. The molecule has 0 saturated carbocycles. The molecule has 2 heterocycles. The second-order valence-corrected chi connectivity index (χ2v) is 3.21. The Morgan fingerprint density at radius 2 is 2.40 bits per heavy atom. The fraction of sp³-hybridized carbons (Fsp3) is 0.273. The van der Waals surface area contributed by atoms with Crippen LogP contribution in [0.25, 0.3) is 5.52 Å². The third-order valence-corrected chi connectivity index (χ3v) is 2.38. The molecular formula is C11H12N2O2. The van der Waals surface area contributed by atoms with Crippen LogP contribution in [0.15, 0.2) is 18.3 Å². The van der Waals surface area contributed by atoms with Gasteiger partial charge in [0, 0.05) is 18.7 Å². The average molecular weight is 204 g/mol. The van der Waals surface area contributed by atoms with Gasteiger partial charge in [-0.05, 0) is 6.07 Å². The molecule has 0 aliphatic carbocycles. The van der Waals surface area contributed by atoms with Crippen molar-refractivity contribution < 1.29 is 9.53 Å². The quantitative estimate of drug-likeness (QED) is 0.715. The monoisotopic (exact) mass is 204 g/mol. The third-order valence-electron chi connectivity index (χ3n) is 2.38. The number of aryl methyl sites for hydroxylation is 1. The van der Waals surface area contributed by atoms with Crippen LogP contribution < -0.4 is 4.74 Å². The lowest BCUT2D eigenvalue weighted by molar-refractivity contribution is 0.112. The van der Waals surface area contributed by atoms with Crippen LogP contribution in [0, 0.1) is 0 Å². The molecule has 78 valence electrons. The molecule has 0 unspecified atom stereocenters. The molecule has 0 amide bonds. The molecule has 2 rings (SSSR count). The first kappa shape index (κ1) is 9.71. The molecule has 0 fully saturated rings. The Bertz CT molecular complexity index is 503. The summed E-state index contributed by atoms with van der Waals surface area (Å²) in [7, 11) is 1.60. The van der Waals surface area contributed by atoms with Crippen LogP contribution in [0.2, 0.25) is 0 Å². The molecule has 2 aromatic rings. The predicted molar refractivity (Wildman–Crippen MR) is 56.5 cm³/mol. The zero-order valence-corrected chi connectivity index (χ0v) is 8.73. The van der Waals surface area contributed by atoms with E-state index in [2.05, 4.69) is 4.98 Å². The number of carbonyl (C=O) groups is 1. The highest BCUT2D eigenvalue weighted by Gasteiger charge is 2.09. The lowest BCUT2D eigenvalue weighted by atomic mass is 10.3. The Morgan fingerprint density at radius 1 is 1.60 bits per heavy atom. The number of ether oxygens (including phenoxy) is 1. The van der Waals surface area contributed by atoms with E-state index in [1.165, 1.54) is 0 Å². The lowest BCUT2D eigenvalue weighted by Crippen LogP contribution is -1.92. The van der Waals surface area contributed by atoms with Gasteiger partial charge in [-0.2, -0.15) is 0 Å². The number of aromatic nitrogens is 2. The topological polar surface area (TPSA) is 43.6 Å². The summed E-state index contributed by atoms with van der Waals surface area (Å²) >= 11 is 0. The zero-order valence-electron chi connectivity index (χ0n) is 8.73. The first-order valence-corrected chi connectivity index (χ1v) is 4.80. The maximum atomic E-state index is 10.8. The SMILES string of the molecule is CCc1nc(C=O)c2cc(OC)ccn12. The molecule has 4 heteroatoms. The molecular weight excluding hydrogens is 192 g/mol. The number of carbonyl (C=O) groups excluding carboxylic acids is 1. The molecule has 0 bridgehead atoms. The van der Waals surface area contributed by atoms with Gasteiger partial charge in [0.15, 0.2) is 6.29 Å². The van der Waals surface area contributed by atoms with Crippen molar-refractivity contribution in [3.05, 3.63) is 29.8 Å². The van der Waals surface area contributed by atoms with Gasteiger partial charge < -0.3 is 9.14 Å². The highest BCUT2D eigenvalue weighted by molar-refractivity contribution is 5.84. The van der Waals surface area contributed by atoms with Gasteiger partial charge in [0.25, 0.3) is 0 Å². The predicted octanol–water partition coefficient (Wildman–Crippen LogP) is 1.72. The maximum absolute atomic E-state index is 10.8. The largest absolute Gasteiger partial charge is 0.497 e. The van der Waals surface area contributed by atoms with E-state index in [1.807, 2.05) is 29.7 Å². The van der Waals surface area contributed by atoms with E-state index in [-0.39, 0.29) is 0 Å². The van der Waals surface area contributed by atoms with Crippen molar-refractivity contribution in [2.45, 2.75) is 13.3 Å². The second kappa shape index (κ2) is 3.73. The van der Waals surface area contributed by atoms with E-state index in [4.69, 9.17) is 4.74 Å². The summed E-state index contributed by atoms with van der Waals surface area (Å²) in [4.78, 5) is 15.1. The number of methoxy groups -OCH3 is 1. The van der Waals surface area contributed by atoms with Crippen LogP contribution in [0.4, 0.5) is 0 Å². The Hall–Kier alpha value is -1.84. The number of nitrogens with zero attached hydrogens (tertiary/aromatic N) is 2. The fourth-order valence-corrected chi connectivity index (χ4v) is 1.62. The van der Waals surface area contributed by atoms with Crippen LogP contribution >= 0.6 is 0 Å². The molecule has 0 N–H and O–H groups in total. The number of pyridine rings is 1. The van der Waals surface area contributed by atoms with Crippen molar-refractivity contribution in [1.82, 2.24) is 9.38 Å². The minimum atomic E-state index is 0.464. The van der Waals surface area contributed by atoms with Gasteiger partial charge in [0.1, 0.15) is 17.3 Å². The van der Waals surface area contributed by atoms with Gasteiger partial charge in [-0.15, -0.1) is 0 Å². The van der Waals surface area contributed by atoms with Crippen LogP contribution in [0.5, 0.6) is 5.75 Å². The van der Waals surface area contributed by atoms with Gasteiger partial charge in [0.05, 0.1) is 12.6 Å². The number of hydrogen-bond donors (Lipinski definition) is 0. The zero-order chi connectivity index (χ0) is 10.8. The molecule has 15 heavy (non-hydrogen) atoms. The van der Waals surface area contributed by atoms with Gasteiger partial charge in [-0.25, -0.2) is 4.98 Å². The maximum Gasteiger partial charge on any atom is 0.170 e. The van der Waals surface area contributed by atoms with Crippen molar-refractivity contribution in [3.63, 3.8) is 0 Å². The van der Waals surface area contributed by atoms with Crippen molar-refractivity contribution in [3.8, 4) is 5.75 Å². The van der Waals surface area contributed by atoms with Crippen molar-refractivity contribution in [1.29, 1.82) is 0 Å².